The Morgan fingerprint density at radius 1 is 1.10 bits per heavy atom. The number of hydrogen-bond donors (Lipinski definition) is 3. The summed E-state index contributed by atoms with van der Waals surface area (Å²) in [6, 6.07) is 9.47. The number of hydrogen-bond acceptors (Lipinski definition) is 5. The van der Waals surface area contributed by atoms with Gasteiger partial charge in [-0.15, -0.1) is 0 Å². The number of phenols is 1. The summed E-state index contributed by atoms with van der Waals surface area (Å²) in [5.41, 5.74) is 2.23. The number of rotatable bonds is 3. The van der Waals surface area contributed by atoms with Crippen molar-refractivity contribution in [3.05, 3.63) is 47.0 Å². The minimum Gasteiger partial charge on any atom is -0.508 e. The predicted molar refractivity (Wildman–Crippen MR) is 120 cm³/mol. The molecule has 2 aromatic carbocycles. The number of aryl methyl sites for hydroxylation is 1. The van der Waals surface area contributed by atoms with Crippen molar-refractivity contribution in [2.75, 3.05) is 14.2 Å². The van der Waals surface area contributed by atoms with Crippen molar-refractivity contribution in [2.45, 2.75) is 50.8 Å². The molecule has 1 spiro atoms. The lowest BCUT2D eigenvalue weighted by atomic mass is 9.76. The molecule has 0 unspecified atom stereocenters. The van der Waals surface area contributed by atoms with E-state index in [9.17, 15) is 5.11 Å². The van der Waals surface area contributed by atoms with Crippen LogP contribution in [0.15, 0.2) is 30.3 Å². The summed E-state index contributed by atoms with van der Waals surface area (Å²) in [6.45, 7) is 6.22. The number of thiocarbonyl (C=S) groups is 1. The van der Waals surface area contributed by atoms with Crippen molar-refractivity contribution in [3.8, 4) is 23.0 Å². The van der Waals surface area contributed by atoms with Gasteiger partial charge in [-0.3, -0.25) is 0 Å². The predicted octanol–water partition coefficient (Wildman–Crippen LogP) is 3.97. The maximum atomic E-state index is 10.2. The van der Waals surface area contributed by atoms with E-state index < -0.39 is 5.72 Å². The molecular formula is C23H28N2O4S. The highest BCUT2D eigenvalue weighted by Gasteiger charge is 2.49. The van der Waals surface area contributed by atoms with Gasteiger partial charge in [-0.05, 0) is 62.3 Å². The third-order valence-electron chi connectivity index (χ3n) is 5.85. The third-order valence-corrected chi connectivity index (χ3v) is 6.06. The Labute approximate surface area is 182 Å². The molecule has 0 amide bonds. The fraction of sp³-hybridized carbons (Fsp3) is 0.435. The zero-order valence-electron chi connectivity index (χ0n) is 18.0. The molecule has 0 aromatic heterocycles. The molecule has 2 atom stereocenters. The molecule has 2 heterocycles. The first kappa shape index (κ1) is 20.6. The molecule has 0 radical (unpaired) electrons. The van der Waals surface area contributed by atoms with E-state index in [-0.39, 0.29) is 17.2 Å². The number of methoxy groups -OCH3 is 2. The lowest BCUT2D eigenvalue weighted by molar-refractivity contribution is -0.0130. The second-order valence-electron chi connectivity index (χ2n) is 8.78. The summed E-state index contributed by atoms with van der Waals surface area (Å²) >= 11 is 5.50. The first-order valence-electron chi connectivity index (χ1n) is 10.00. The van der Waals surface area contributed by atoms with Crippen molar-refractivity contribution in [1.82, 2.24) is 10.6 Å². The summed E-state index contributed by atoms with van der Waals surface area (Å²) < 4.78 is 17.5. The molecule has 0 bridgehead atoms. The quantitative estimate of drug-likeness (QED) is 0.639. The van der Waals surface area contributed by atoms with E-state index in [4.69, 9.17) is 26.4 Å². The van der Waals surface area contributed by atoms with Crippen LogP contribution in [0, 0.1) is 6.92 Å². The Bertz CT molecular complexity index is 1010. The molecular weight excluding hydrogens is 400 g/mol. The van der Waals surface area contributed by atoms with Gasteiger partial charge in [-0.2, -0.15) is 0 Å². The smallest absolute Gasteiger partial charge is 0.185 e. The van der Waals surface area contributed by atoms with Gasteiger partial charge in [0.05, 0.1) is 14.2 Å². The van der Waals surface area contributed by atoms with Crippen LogP contribution in [-0.2, 0) is 0 Å². The molecule has 2 aromatic rings. The average molecular weight is 429 g/mol. The Kier molecular flexibility index (Phi) is 4.97. The number of aromatic hydroxyl groups is 1. The molecule has 0 aliphatic carbocycles. The SMILES string of the molecule is COc1ccc([C@H]2C[C@]3(CC(C)(C)NC(=S)N3)Oc3cc(O)cc(C)c32)cc1OC. The fourth-order valence-corrected chi connectivity index (χ4v) is 5.31. The largest absolute Gasteiger partial charge is 0.508 e. The maximum Gasteiger partial charge on any atom is 0.185 e. The zero-order chi connectivity index (χ0) is 21.7. The van der Waals surface area contributed by atoms with Crippen LogP contribution in [0.1, 0.15) is 49.3 Å². The maximum absolute atomic E-state index is 10.2. The summed E-state index contributed by atoms with van der Waals surface area (Å²) in [7, 11) is 3.27. The second-order valence-corrected chi connectivity index (χ2v) is 9.19. The first-order valence-corrected chi connectivity index (χ1v) is 10.4. The minimum absolute atomic E-state index is 0.0263. The Morgan fingerprint density at radius 2 is 1.83 bits per heavy atom. The molecule has 6 nitrogen and oxygen atoms in total. The fourth-order valence-electron chi connectivity index (χ4n) is 4.85. The molecule has 30 heavy (non-hydrogen) atoms. The van der Waals surface area contributed by atoms with Gasteiger partial charge in [0.25, 0.3) is 0 Å². The minimum atomic E-state index is -0.684. The van der Waals surface area contributed by atoms with Gasteiger partial charge >= 0.3 is 0 Å². The van der Waals surface area contributed by atoms with Gasteiger partial charge in [0, 0.05) is 35.9 Å². The molecule has 2 aliphatic heterocycles. The van der Waals surface area contributed by atoms with Crippen LogP contribution in [0.4, 0.5) is 0 Å². The van der Waals surface area contributed by atoms with E-state index in [1.54, 1.807) is 26.4 Å². The van der Waals surface area contributed by atoms with Gasteiger partial charge < -0.3 is 30.0 Å². The van der Waals surface area contributed by atoms with E-state index in [0.29, 0.717) is 35.2 Å². The van der Waals surface area contributed by atoms with Gasteiger partial charge in [0.15, 0.2) is 22.3 Å². The first-order chi connectivity index (χ1) is 14.1. The van der Waals surface area contributed by atoms with Crippen LogP contribution in [0.3, 0.4) is 0 Å². The second kappa shape index (κ2) is 7.23. The highest BCUT2D eigenvalue weighted by molar-refractivity contribution is 7.80. The van der Waals surface area contributed by atoms with E-state index in [2.05, 4.69) is 30.5 Å². The summed E-state index contributed by atoms with van der Waals surface area (Å²) in [5.74, 6) is 2.26. The summed E-state index contributed by atoms with van der Waals surface area (Å²) in [5, 5.41) is 17.5. The number of nitrogens with one attached hydrogen (secondary N) is 2. The molecule has 0 saturated carbocycles. The third kappa shape index (κ3) is 3.62. The molecule has 1 saturated heterocycles. The van der Waals surface area contributed by atoms with Crippen LogP contribution in [0.25, 0.3) is 0 Å². The normalized spacial score (nSPS) is 24.3. The van der Waals surface area contributed by atoms with Crippen LogP contribution in [-0.4, -0.2) is 35.7 Å². The van der Waals surface area contributed by atoms with E-state index in [1.165, 1.54) is 0 Å². The molecule has 1 fully saturated rings. The monoisotopic (exact) mass is 428 g/mol. The van der Waals surface area contributed by atoms with E-state index >= 15 is 0 Å². The Morgan fingerprint density at radius 3 is 2.50 bits per heavy atom. The summed E-state index contributed by atoms with van der Waals surface area (Å²) in [6.07, 6.45) is 1.39. The standard InChI is InChI=1S/C23H28N2O4S/c1-13-8-15(26)10-19-20(13)16(14-6-7-17(27-4)18(9-14)28-5)11-23(29-19)12-22(2,3)24-21(30)25-23/h6-10,16,26H,11-12H2,1-5H3,(H2,24,25,30)/t16-,23-/m1/s1. The van der Waals surface area contributed by atoms with Crippen LogP contribution in [0.2, 0.25) is 0 Å². The lowest BCUT2D eigenvalue weighted by Gasteiger charge is -2.50. The Hall–Kier alpha value is -2.67. The molecule has 3 N–H and O–H groups in total. The van der Waals surface area contributed by atoms with Crippen LogP contribution in [0.5, 0.6) is 23.0 Å². The number of ether oxygens (including phenoxy) is 3. The van der Waals surface area contributed by atoms with Crippen molar-refractivity contribution in [1.29, 1.82) is 0 Å². The van der Waals surface area contributed by atoms with Crippen molar-refractivity contribution in [3.63, 3.8) is 0 Å². The number of fused-ring (bicyclic) bond motifs is 1. The topological polar surface area (TPSA) is 72.0 Å². The van der Waals surface area contributed by atoms with E-state index in [1.807, 2.05) is 19.1 Å². The molecule has 2 aliphatic rings. The summed E-state index contributed by atoms with van der Waals surface area (Å²) in [4.78, 5) is 0. The molecule has 4 rings (SSSR count). The highest BCUT2D eigenvalue weighted by atomic mass is 32.1. The van der Waals surface area contributed by atoms with Crippen molar-refractivity contribution in [2.24, 2.45) is 0 Å². The average Bonchev–Trinajstić information content (AvgIpc) is 2.64. The highest BCUT2D eigenvalue weighted by Crippen LogP contribution is 2.50. The van der Waals surface area contributed by atoms with Gasteiger partial charge in [-0.25, -0.2) is 0 Å². The van der Waals surface area contributed by atoms with Gasteiger partial charge in [-0.1, -0.05) is 6.07 Å². The Balaban J connectivity index is 1.86. The molecule has 7 heteroatoms. The van der Waals surface area contributed by atoms with Gasteiger partial charge in [0.1, 0.15) is 11.5 Å². The number of phenolic OH excluding ortho intramolecular Hbond substituents is 1. The van der Waals surface area contributed by atoms with Gasteiger partial charge in [0.2, 0.25) is 0 Å². The lowest BCUT2D eigenvalue weighted by Crippen LogP contribution is -2.69. The number of benzene rings is 2. The van der Waals surface area contributed by atoms with Crippen LogP contribution < -0.4 is 24.8 Å². The van der Waals surface area contributed by atoms with E-state index in [0.717, 1.165) is 16.7 Å². The van der Waals surface area contributed by atoms with Crippen molar-refractivity contribution >= 4 is 17.3 Å². The molecule has 160 valence electrons. The van der Waals surface area contributed by atoms with Crippen LogP contribution >= 0.6 is 12.2 Å². The van der Waals surface area contributed by atoms with Crippen molar-refractivity contribution < 1.29 is 19.3 Å². The zero-order valence-corrected chi connectivity index (χ0v) is 18.8.